The Labute approximate surface area is 131 Å². The maximum absolute atomic E-state index is 11.7. The van der Waals surface area contributed by atoms with Crippen molar-refractivity contribution in [2.45, 2.75) is 27.2 Å². The minimum Gasteiger partial charge on any atom is -0.346 e. The third-order valence-electron chi connectivity index (χ3n) is 2.54. The first-order valence-corrected chi connectivity index (χ1v) is 6.51. The van der Waals surface area contributed by atoms with E-state index in [0.29, 0.717) is 5.82 Å². The second kappa shape index (κ2) is 7.99. The van der Waals surface area contributed by atoms with E-state index in [4.69, 9.17) is 5.73 Å². The Bertz CT molecular complexity index is 493. The lowest BCUT2D eigenvalue weighted by atomic mass is 9.91. The van der Waals surface area contributed by atoms with E-state index in [9.17, 15) is 9.59 Å². The molecule has 0 bridgehead atoms. The Kier molecular flexibility index (Phi) is 7.38. The lowest BCUT2D eigenvalue weighted by molar-refractivity contribution is -0.123. The maximum atomic E-state index is 11.7. The van der Waals surface area contributed by atoms with Crippen LogP contribution in [-0.2, 0) is 23.1 Å². The lowest BCUT2D eigenvalue weighted by Crippen LogP contribution is -2.36. The van der Waals surface area contributed by atoms with Crippen LogP contribution < -0.4 is 16.4 Å². The van der Waals surface area contributed by atoms with Gasteiger partial charge in [-0.3, -0.25) is 14.3 Å². The maximum Gasteiger partial charge on any atom is 0.244 e. The number of hydrogen-bond donors (Lipinski definition) is 3. The van der Waals surface area contributed by atoms with Crippen molar-refractivity contribution >= 4 is 30.0 Å². The molecule has 0 radical (unpaired) electrons. The molecule has 0 saturated heterocycles. The number of carbonyl (C=O) groups is 2. The van der Waals surface area contributed by atoms with E-state index in [0.717, 1.165) is 12.1 Å². The molecule has 2 amide bonds. The first kappa shape index (κ1) is 19.4. The quantitative estimate of drug-likeness (QED) is 0.733. The Hall–Kier alpha value is -1.60. The zero-order valence-corrected chi connectivity index (χ0v) is 13.7. The van der Waals surface area contributed by atoms with Gasteiger partial charge in [-0.15, -0.1) is 12.4 Å². The van der Waals surface area contributed by atoms with Gasteiger partial charge in [0.15, 0.2) is 0 Å². The average molecular weight is 318 g/mol. The molecule has 0 aliphatic heterocycles. The highest BCUT2D eigenvalue weighted by molar-refractivity contribution is 5.94. The number of amides is 2. The number of nitrogens with zero attached hydrogens (tertiary/aromatic N) is 2. The topological polar surface area (TPSA) is 102 Å². The molecule has 0 aliphatic rings. The summed E-state index contributed by atoms with van der Waals surface area (Å²) in [6.45, 7) is 6.15. The standard InChI is InChI=1S/C13H23N5O2.ClH/c1-13(2,3)6-9-5-10(18(4)17-9)16-12(20)8-15-11(19)7-14;/h5H,6-8,14H2,1-4H3,(H,15,19)(H,16,20);1H. The third kappa shape index (κ3) is 7.10. The molecule has 1 aromatic heterocycles. The van der Waals surface area contributed by atoms with E-state index in [1.54, 1.807) is 11.7 Å². The van der Waals surface area contributed by atoms with Crippen LogP contribution in [0.5, 0.6) is 0 Å². The molecule has 1 heterocycles. The van der Waals surface area contributed by atoms with Crippen LogP contribution in [0.4, 0.5) is 5.82 Å². The van der Waals surface area contributed by atoms with Crippen LogP contribution in [0.1, 0.15) is 26.5 Å². The van der Waals surface area contributed by atoms with Gasteiger partial charge in [0.1, 0.15) is 5.82 Å². The van der Waals surface area contributed by atoms with Crippen LogP contribution >= 0.6 is 12.4 Å². The number of anilines is 1. The summed E-state index contributed by atoms with van der Waals surface area (Å²) in [7, 11) is 1.76. The summed E-state index contributed by atoms with van der Waals surface area (Å²) in [6.07, 6.45) is 0.820. The van der Waals surface area contributed by atoms with E-state index in [-0.39, 0.29) is 42.7 Å². The molecule has 0 spiro atoms. The van der Waals surface area contributed by atoms with Crippen LogP contribution in [0.3, 0.4) is 0 Å². The van der Waals surface area contributed by atoms with Crippen LogP contribution in [0.15, 0.2) is 6.07 Å². The molecule has 0 aliphatic carbocycles. The Balaban J connectivity index is 0.00000400. The number of hydrogen-bond acceptors (Lipinski definition) is 4. The molecular formula is C13H24ClN5O2. The molecule has 7 nitrogen and oxygen atoms in total. The van der Waals surface area contributed by atoms with Crippen LogP contribution in [0, 0.1) is 5.41 Å². The highest BCUT2D eigenvalue weighted by atomic mass is 35.5. The summed E-state index contributed by atoms with van der Waals surface area (Å²) in [4.78, 5) is 22.6. The molecule has 8 heteroatoms. The smallest absolute Gasteiger partial charge is 0.244 e. The predicted octanol–water partition coefficient (Wildman–Crippen LogP) is 0.444. The van der Waals surface area contributed by atoms with E-state index in [2.05, 4.69) is 36.5 Å². The second-order valence-electron chi connectivity index (χ2n) is 5.91. The molecule has 0 aromatic carbocycles. The number of rotatable bonds is 5. The highest BCUT2D eigenvalue weighted by Gasteiger charge is 2.16. The van der Waals surface area contributed by atoms with Gasteiger partial charge in [-0.25, -0.2) is 0 Å². The van der Waals surface area contributed by atoms with Crippen LogP contribution in [-0.4, -0.2) is 34.7 Å². The van der Waals surface area contributed by atoms with Gasteiger partial charge in [-0.05, 0) is 11.8 Å². The Morgan fingerprint density at radius 3 is 2.48 bits per heavy atom. The largest absolute Gasteiger partial charge is 0.346 e. The SMILES string of the molecule is Cl.Cn1nc(CC(C)(C)C)cc1NC(=O)CNC(=O)CN. The molecule has 4 N–H and O–H groups in total. The minimum absolute atomic E-state index is 0. The van der Waals surface area contributed by atoms with Gasteiger partial charge >= 0.3 is 0 Å². The van der Waals surface area contributed by atoms with Crippen molar-refractivity contribution in [2.24, 2.45) is 18.2 Å². The third-order valence-corrected chi connectivity index (χ3v) is 2.54. The zero-order valence-electron chi connectivity index (χ0n) is 12.9. The normalized spacial score (nSPS) is 10.7. The molecule has 0 saturated carbocycles. The van der Waals surface area contributed by atoms with Crippen LogP contribution in [0.2, 0.25) is 0 Å². The summed E-state index contributed by atoms with van der Waals surface area (Å²) >= 11 is 0. The van der Waals surface area contributed by atoms with Gasteiger partial charge in [-0.2, -0.15) is 5.10 Å². The molecule has 0 unspecified atom stereocenters. The Morgan fingerprint density at radius 2 is 1.95 bits per heavy atom. The first-order valence-electron chi connectivity index (χ1n) is 6.51. The molecule has 0 fully saturated rings. The predicted molar refractivity (Wildman–Crippen MR) is 84.3 cm³/mol. The average Bonchev–Trinajstić information content (AvgIpc) is 2.64. The number of aromatic nitrogens is 2. The highest BCUT2D eigenvalue weighted by Crippen LogP contribution is 2.21. The van der Waals surface area contributed by atoms with Gasteiger partial charge in [0.05, 0.1) is 18.8 Å². The van der Waals surface area contributed by atoms with Crippen LogP contribution in [0.25, 0.3) is 0 Å². The van der Waals surface area contributed by atoms with Gasteiger partial charge in [-0.1, -0.05) is 20.8 Å². The summed E-state index contributed by atoms with van der Waals surface area (Å²) in [6, 6.07) is 1.84. The minimum atomic E-state index is -0.362. The molecule has 1 rings (SSSR count). The molecule has 0 atom stereocenters. The number of aryl methyl sites for hydroxylation is 1. The van der Waals surface area contributed by atoms with E-state index in [1.165, 1.54) is 0 Å². The van der Waals surface area contributed by atoms with Gasteiger partial charge in [0, 0.05) is 13.1 Å². The van der Waals surface area contributed by atoms with E-state index < -0.39 is 0 Å². The summed E-state index contributed by atoms with van der Waals surface area (Å²) in [5.74, 6) is -0.0630. The number of nitrogens with two attached hydrogens (primary N) is 1. The summed E-state index contributed by atoms with van der Waals surface area (Å²) in [5.41, 5.74) is 6.19. The monoisotopic (exact) mass is 317 g/mol. The second-order valence-corrected chi connectivity index (χ2v) is 5.91. The lowest BCUT2D eigenvalue weighted by Gasteiger charge is -2.15. The number of halogens is 1. The van der Waals surface area contributed by atoms with E-state index in [1.807, 2.05) is 6.07 Å². The van der Waals surface area contributed by atoms with Gasteiger partial charge < -0.3 is 16.4 Å². The van der Waals surface area contributed by atoms with Gasteiger partial charge in [0.2, 0.25) is 11.8 Å². The number of carbonyl (C=O) groups excluding carboxylic acids is 2. The van der Waals surface area contributed by atoms with Gasteiger partial charge in [0.25, 0.3) is 0 Å². The van der Waals surface area contributed by atoms with Crippen molar-refractivity contribution in [3.63, 3.8) is 0 Å². The molecular weight excluding hydrogens is 294 g/mol. The van der Waals surface area contributed by atoms with Crippen molar-refractivity contribution in [3.05, 3.63) is 11.8 Å². The number of nitrogens with one attached hydrogen (secondary N) is 2. The summed E-state index contributed by atoms with van der Waals surface area (Å²) in [5, 5.41) is 9.47. The van der Waals surface area contributed by atoms with Crippen molar-refractivity contribution in [3.8, 4) is 0 Å². The fourth-order valence-electron chi connectivity index (χ4n) is 1.71. The van der Waals surface area contributed by atoms with E-state index >= 15 is 0 Å². The first-order chi connectivity index (χ1) is 9.21. The summed E-state index contributed by atoms with van der Waals surface area (Å²) < 4.78 is 1.61. The molecule has 21 heavy (non-hydrogen) atoms. The molecule has 1 aromatic rings. The Morgan fingerprint density at radius 1 is 1.33 bits per heavy atom. The van der Waals surface area contributed by atoms with Crippen molar-refractivity contribution in [2.75, 3.05) is 18.4 Å². The van der Waals surface area contributed by atoms with Crippen molar-refractivity contribution in [1.29, 1.82) is 0 Å². The fourth-order valence-corrected chi connectivity index (χ4v) is 1.71. The van der Waals surface area contributed by atoms with Crippen molar-refractivity contribution in [1.82, 2.24) is 15.1 Å². The zero-order chi connectivity index (χ0) is 15.3. The van der Waals surface area contributed by atoms with Crippen molar-refractivity contribution < 1.29 is 9.59 Å². The molecule has 120 valence electrons. The fraction of sp³-hybridized carbons (Fsp3) is 0.615.